The fourth-order valence-corrected chi connectivity index (χ4v) is 3.04. The van der Waals surface area contributed by atoms with E-state index < -0.39 is 10.2 Å². The SMILES string of the molecule is NS(=O)(=O)N1CCN(C(=O)c2nnc(Cl)s2)CC1. The molecule has 18 heavy (non-hydrogen) atoms. The molecule has 1 aliphatic heterocycles. The zero-order valence-corrected chi connectivity index (χ0v) is 11.5. The molecule has 100 valence electrons. The average Bonchev–Trinajstić information content (AvgIpc) is 2.74. The lowest BCUT2D eigenvalue weighted by Crippen LogP contribution is -2.52. The molecule has 0 aromatic carbocycles. The van der Waals surface area contributed by atoms with Crippen LogP contribution in [0.2, 0.25) is 4.47 Å². The number of amides is 1. The molecule has 2 heterocycles. The monoisotopic (exact) mass is 311 g/mol. The molecule has 1 aromatic rings. The van der Waals surface area contributed by atoms with Gasteiger partial charge in [0, 0.05) is 26.2 Å². The van der Waals surface area contributed by atoms with E-state index in [2.05, 4.69) is 10.2 Å². The summed E-state index contributed by atoms with van der Waals surface area (Å²) in [6, 6.07) is 0. The molecule has 0 aliphatic carbocycles. The van der Waals surface area contributed by atoms with Gasteiger partial charge in [0.2, 0.25) is 9.47 Å². The molecule has 0 radical (unpaired) electrons. The minimum Gasteiger partial charge on any atom is -0.334 e. The van der Waals surface area contributed by atoms with Crippen molar-refractivity contribution in [2.45, 2.75) is 0 Å². The summed E-state index contributed by atoms with van der Waals surface area (Å²) < 4.78 is 23.5. The molecule has 2 rings (SSSR count). The molecule has 0 bridgehead atoms. The molecule has 1 aromatic heterocycles. The van der Waals surface area contributed by atoms with Crippen LogP contribution >= 0.6 is 22.9 Å². The van der Waals surface area contributed by atoms with E-state index in [1.165, 1.54) is 4.90 Å². The van der Waals surface area contributed by atoms with Gasteiger partial charge in [0.1, 0.15) is 0 Å². The quantitative estimate of drug-likeness (QED) is 0.765. The molecule has 11 heteroatoms. The van der Waals surface area contributed by atoms with Crippen molar-refractivity contribution in [3.63, 3.8) is 0 Å². The first-order chi connectivity index (χ1) is 8.38. The van der Waals surface area contributed by atoms with Crippen molar-refractivity contribution >= 4 is 39.1 Å². The van der Waals surface area contributed by atoms with Gasteiger partial charge in [0.05, 0.1) is 0 Å². The van der Waals surface area contributed by atoms with Gasteiger partial charge in [-0.2, -0.15) is 12.7 Å². The van der Waals surface area contributed by atoms with Crippen LogP contribution in [0.25, 0.3) is 0 Å². The summed E-state index contributed by atoms with van der Waals surface area (Å²) in [6.45, 7) is 0.896. The van der Waals surface area contributed by atoms with Crippen molar-refractivity contribution in [1.82, 2.24) is 19.4 Å². The van der Waals surface area contributed by atoms with Crippen molar-refractivity contribution in [2.75, 3.05) is 26.2 Å². The highest BCUT2D eigenvalue weighted by molar-refractivity contribution is 7.86. The summed E-state index contributed by atoms with van der Waals surface area (Å²) in [4.78, 5) is 13.4. The van der Waals surface area contributed by atoms with Gasteiger partial charge < -0.3 is 4.90 Å². The first-order valence-corrected chi connectivity index (χ1v) is 7.64. The van der Waals surface area contributed by atoms with Crippen LogP contribution < -0.4 is 5.14 Å². The Morgan fingerprint density at radius 2 is 1.89 bits per heavy atom. The van der Waals surface area contributed by atoms with Crippen LogP contribution in [0.4, 0.5) is 0 Å². The number of carbonyl (C=O) groups excluding carboxylic acids is 1. The Labute approximate surface area is 113 Å². The molecule has 8 nitrogen and oxygen atoms in total. The lowest BCUT2D eigenvalue weighted by Gasteiger charge is -2.32. The van der Waals surface area contributed by atoms with Crippen molar-refractivity contribution in [1.29, 1.82) is 0 Å². The van der Waals surface area contributed by atoms with Gasteiger partial charge in [-0.1, -0.05) is 11.3 Å². The maximum Gasteiger partial charge on any atom is 0.284 e. The van der Waals surface area contributed by atoms with Crippen LogP contribution in [-0.2, 0) is 10.2 Å². The molecule has 1 fully saturated rings. The molecule has 0 unspecified atom stereocenters. The van der Waals surface area contributed by atoms with Crippen molar-refractivity contribution in [2.24, 2.45) is 5.14 Å². The molecular weight excluding hydrogens is 302 g/mol. The zero-order chi connectivity index (χ0) is 13.3. The maximum atomic E-state index is 11.9. The van der Waals surface area contributed by atoms with Crippen LogP contribution in [0.3, 0.4) is 0 Å². The van der Waals surface area contributed by atoms with Crippen LogP contribution in [0, 0.1) is 0 Å². The van der Waals surface area contributed by atoms with Gasteiger partial charge in [-0.3, -0.25) is 4.79 Å². The second-order valence-electron chi connectivity index (χ2n) is 3.60. The van der Waals surface area contributed by atoms with Gasteiger partial charge in [-0.15, -0.1) is 10.2 Å². The summed E-state index contributed by atoms with van der Waals surface area (Å²) in [5.41, 5.74) is 0. The Balaban J connectivity index is 2.00. The first kappa shape index (κ1) is 13.6. The standard InChI is InChI=1S/C7H10ClN5O3S2/c8-7-11-10-5(17-7)6(14)12-1-3-13(4-2-12)18(9,15)16/h1-4H2,(H2,9,15,16). The highest BCUT2D eigenvalue weighted by atomic mass is 35.5. The first-order valence-electron chi connectivity index (χ1n) is 4.94. The number of nitrogens with zero attached hydrogens (tertiary/aromatic N) is 4. The van der Waals surface area contributed by atoms with Crippen molar-refractivity contribution in [3.8, 4) is 0 Å². The number of nitrogens with two attached hydrogens (primary N) is 1. The van der Waals surface area contributed by atoms with Gasteiger partial charge in [0.15, 0.2) is 0 Å². The summed E-state index contributed by atoms with van der Waals surface area (Å²) >= 11 is 6.59. The second-order valence-corrected chi connectivity index (χ2v) is 6.70. The third kappa shape index (κ3) is 2.95. The number of carbonyl (C=O) groups is 1. The van der Waals surface area contributed by atoms with Crippen molar-refractivity contribution < 1.29 is 13.2 Å². The van der Waals surface area contributed by atoms with E-state index in [0.717, 1.165) is 15.6 Å². The highest BCUT2D eigenvalue weighted by Gasteiger charge is 2.28. The Morgan fingerprint density at radius 3 is 2.33 bits per heavy atom. The smallest absolute Gasteiger partial charge is 0.284 e. The van der Waals surface area contributed by atoms with Crippen LogP contribution in [-0.4, -0.2) is 59.9 Å². The lowest BCUT2D eigenvalue weighted by atomic mass is 10.3. The van der Waals surface area contributed by atoms with Crippen LogP contribution in [0.5, 0.6) is 0 Å². The Bertz CT molecular complexity index is 551. The van der Waals surface area contributed by atoms with Crippen LogP contribution in [0.15, 0.2) is 0 Å². The van der Waals surface area contributed by atoms with E-state index in [9.17, 15) is 13.2 Å². The fourth-order valence-electron chi connectivity index (χ4n) is 1.57. The maximum absolute atomic E-state index is 11.9. The minimum absolute atomic E-state index is 0.178. The van der Waals surface area contributed by atoms with E-state index in [-0.39, 0.29) is 41.6 Å². The van der Waals surface area contributed by atoms with Gasteiger partial charge in [0.25, 0.3) is 16.1 Å². The van der Waals surface area contributed by atoms with Crippen molar-refractivity contribution in [3.05, 3.63) is 9.47 Å². The zero-order valence-electron chi connectivity index (χ0n) is 9.11. The molecule has 1 saturated heterocycles. The lowest BCUT2D eigenvalue weighted by molar-refractivity contribution is 0.0696. The molecular formula is C7H10ClN5O3S2. The Kier molecular flexibility index (Phi) is 3.82. The number of hydrogen-bond donors (Lipinski definition) is 1. The predicted octanol–water partition coefficient (Wildman–Crippen LogP) is -0.847. The Morgan fingerprint density at radius 1 is 1.28 bits per heavy atom. The third-order valence-corrected chi connectivity index (χ3v) is 4.56. The fraction of sp³-hybridized carbons (Fsp3) is 0.571. The molecule has 0 saturated carbocycles. The van der Waals surface area contributed by atoms with Crippen LogP contribution in [0.1, 0.15) is 9.80 Å². The number of halogens is 1. The van der Waals surface area contributed by atoms with E-state index in [1.807, 2.05) is 0 Å². The predicted molar refractivity (Wildman–Crippen MR) is 65.5 cm³/mol. The van der Waals surface area contributed by atoms with E-state index in [4.69, 9.17) is 16.7 Å². The molecule has 0 atom stereocenters. The normalized spacial score (nSPS) is 18.0. The largest absolute Gasteiger partial charge is 0.334 e. The number of aromatic nitrogens is 2. The van der Waals surface area contributed by atoms with Gasteiger partial charge in [-0.25, -0.2) is 5.14 Å². The minimum atomic E-state index is -3.69. The Hall–Kier alpha value is -0.810. The summed E-state index contributed by atoms with van der Waals surface area (Å²) in [6.07, 6.45) is 0. The number of hydrogen-bond acceptors (Lipinski definition) is 6. The second kappa shape index (κ2) is 5.05. The number of rotatable bonds is 2. The van der Waals surface area contributed by atoms with Gasteiger partial charge in [-0.05, 0) is 11.6 Å². The molecule has 2 N–H and O–H groups in total. The third-order valence-electron chi connectivity index (χ3n) is 2.47. The van der Waals surface area contributed by atoms with Gasteiger partial charge >= 0.3 is 0 Å². The molecule has 0 spiro atoms. The summed E-state index contributed by atoms with van der Waals surface area (Å²) in [5.74, 6) is -0.298. The van der Waals surface area contributed by atoms with E-state index in [0.29, 0.717) is 0 Å². The topological polar surface area (TPSA) is 109 Å². The van der Waals surface area contributed by atoms with E-state index in [1.54, 1.807) is 0 Å². The average molecular weight is 312 g/mol. The summed E-state index contributed by atoms with van der Waals surface area (Å²) in [5, 5.41) is 12.4. The molecule has 1 aliphatic rings. The summed E-state index contributed by atoms with van der Waals surface area (Å²) in [7, 11) is -3.69. The van der Waals surface area contributed by atoms with E-state index >= 15 is 0 Å². The number of piperazine rings is 1. The highest BCUT2D eigenvalue weighted by Crippen LogP contribution is 2.17. The molecule has 1 amide bonds.